The molecule has 0 saturated heterocycles. The van der Waals surface area contributed by atoms with Crippen LogP contribution < -0.4 is 14.2 Å². The van der Waals surface area contributed by atoms with Crippen molar-refractivity contribution in [2.24, 2.45) is 0 Å². The average Bonchev–Trinajstić information content (AvgIpc) is 2.64. The molecule has 0 aliphatic heterocycles. The van der Waals surface area contributed by atoms with Gasteiger partial charge in [-0.1, -0.05) is 45.0 Å². The molecule has 1 N–H and O–H groups in total. The van der Waals surface area contributed by atoms with Gasteiger partial charge in [0.15, 0.2) is 11.5 Å². The highest BCUT2D eigenvalue weighted by Gasteiger charge is 2.18. The third-order valence-corrected chi connectivity index (χ3v) is 4.23. The van der Waals surface area contributed by atoms with Gasteiger partial charge in [-0.05, 0) is 48.1 Å². The number of hydrogen-bond acceptors (Lipinski definition) is 4. The first-order valence-electron chi connectivity index (χ1n) is 9.64. The summed E-state index contributed by atoms with van der Waals surface area (Å²) in [6.45, 7) is 9.69. The number of benzene rings is 2. The van der Waals surface area contributed by atoms with E-state index in [2.05, 4.69) is 26.8 Å². The zero-order valence-corrected chi connectivity index (χ0v) is 17.2. The Morgan fingerprint density at radius 3 is 2.25 bits per heavy atom. The predicted molar refractivity (Wildman–Crippen MR) is 110 cm³/mol. The van der Waals surface area contributed by atoms with Crippen LogP contribution in [0.2, 0.25) is 0 Å². The predicted octanol–water partition coefficient (Wildman–Crippen LogP) is 4.86. The summed E-state index contributed by atoms with van der Waals surface area (Å²) in [5.74, 6) is 1.31. The van der Waals surface area contributed by atoms with Crippen molar-refractivity contribution >= 4 is 5.97 Å². The van der Waals surface area contributed by atoms with E-state index in [-0.39, 0.29) is 11.8 Å². The number of hydrogen-bond donors (Lipinski definition) is 1. The molecule has 2 aromatic rings. The lowest BCUT2D eigenvalue weighted by Crippen LogP contribution is -2.16. The molecule has 5 nitrogen and oxygen atoms in total. The minimum Gasteiger partial charge on any atom is -0.490 e. The molecule has 0 aliphatic rings. The summed E-state index contributed by atoms with van der Waals surface area (Å²) in [4.78, 5) is 10.8. The van der Waals surface area contributed by atoms with Crippen LogP contribution in [-0.2, 0) is 16.6 Å². The van der Waals surface area contributed by atoms with Crippen molar-refractivity contribution in [3.05, 3.63) is 53.6 Å². The van der Waals surface area contributed by atoms with E-state index >= 15 is 0 Å². The van der Waals surface area contributed by atoms with Gasteiger partial charge in [-0.15, -0.1) is 0 Å². The highest BCUT2D eigenvalue weighted by Crippen LogP contribution is 2.31. The van der Waals surface area contributed by atoms with Gasteiger partial charge in [0.1, 0.15) is 19.0 Å². The molecule has 0 radical (unpaired) electrons. The Morgan fingerprint density at radius 2 is 1.61 bits per heavy atom. The van der Waals surface area contributed by atoms with Crippen LogP contribution in [0.4, 0.5) is 0 Å². The molecule has 0 atom stereocenters. The van der Waals surface area contributed by atoms with Crippen LogP contribution in [0.15, 0.2) is 42.5 Å². The number of aliphatic carboxylic acids is 1. The van der Waals surface area contributed by atoms with E-state index in [1.54, 1.807) is 0 Å². The highest BCUT2D eigenvalue weighted by molar-refractivity contribution is 5.67. The van der Waals surface area contributed by atoms with Crippen LogP contribution in [0.25, 0.3) is 0 Å². The zero-order chi connectivity index (χ0) is 20.6. The Hall–Kier alpha value is -2.69. The third kappa shape index (κ3) is 6.48. The first kappa shape index (κ1) is 21.6. The van der Waals surface area contributed by atoms with E-state index in [1.165, 1.54) is 0 Å². The minimum atomic E-state index is -0.814. The second-order valence-electron chi connectivity index (χ2n) is 7.55. The van der Waals surface area contributed by atoms with Crippen LogP contribution >= 0.6 is 0 Å². The molecule has 0 unspecified atom stereocenters. The SMILES string of the molecule is CCOc1cc(CCC(=O)O)ccc1OCCOc1ccccc1C(C)(C)C. The summed E-state index contributed by atoms with van der Waals surface area (Å²) in [5.41, 5.74) is 2.08. The Labute approximate surface area is 167 Å². The fourth-order valence-corrected chi connectivity index (χ4v) is 2.86. The summed E-state index contributed by atoms with van der Waals surface area (Å²) in [6.07, 6.45) is 0.551. The molecule has 0 saturated carbocycles. The van der Waals surface area contributed by atoms with Crippen LogP contribution in [-0.4, -0.2) is 30.9 Å². The Kier molecular flexibility index (Phi) is 7.73. The lowest BCUT2D eigenvalue weighted by molar-refractivity contribution is -0.136. The lowest BCUT2D eigenvalue weighted by atomic mass is 9.86. The number of carbonyl (C=O) groups is 1. The normalized spacial score (nSPS) is 11.1. The van der Waals surface area contributed by atoms with Crippen molar-refractivity contribution in [2.75, 3.05) is 19.8 Å². The molecule has 0 fully saturated rings. The standard InChI is InChI=1S/C23H30O5/c1-5-26-21-16-17(11-13-22(24)25)10-12-20(21)28-15-14-27-19-9-7-6-8-18(19)23(2,3)4/h6-10,12,16H,5,11,13-15H2,1-4H3,(H,24,25). The van der Waals surface area contributed by atoms with E-state index in [0.717, 1.165) is 16.9 Å². The molecule has 2 aromatic carbocycles. The molecule has 0 spiro atoms. The first-order valence-corrected chi connectivity index (χ1v) is 9.64. The van der Waals surface area contributed by atoms with E-state index in [9.17, 15) is 4.79 Å². The van der Waals surface area contributed by atoms with Gasteiger partial charge in [0.25, 0.3) is 0 Å². The molecule has 0 aromatic heterocycles. The molecule has 2 rings (SSSR count). The van der Waals surface area contributed by atoms with Gasteiger partial charge in [-0.25, -0.2) is 0 Å². The molecule has 152 valence electrons. The van der Waals surface area contributed by atoms with Gasteiger partial charge in [-0.2, -0.15) is 0 Å². The molecule has 0 bridgehead atoms. The molecule has 5 heteroatoms. The number of ether oxygens (including phenoxy) is 3. The zero-order valence-electron chi connectivity index (χ0n) is 17.2. The molecule has 0 heterocycles. The molecule has 0 aliphatic carbocycles. The summed E-state index contributed by atoms with van der Waals surface area (Å²) >= 11 is 0. The second-order valence-corrected chi connectivity index (χ2v) is 7.55. The largest absolute Gasteiger partial charge is 0.490 e. The van der Waals surface area contributed by atoms with Crippen LogP contribution in [0, 0.1) is 0 Å². The van der Waals surface area contributed by atoms with E-state index < -0.39 is 5.97 Å². The number of aryl methyl sites for hydroxylation is 1. The van der Waals surface area contributed by atoms with Crippen molar-refractivity contribution in [1.29, 1.82) is 0 Å². The fraction of sp³-hybridized carbons (Fsp3) is 0.435. The summed E-state index contributed by atoms with van der Waals surface area (Å²) in [6, 6.07) is 13.6. The molecule has 0 amide bonds. The number of carboxylic acid groups (broad SMARTS) is 1. The smallest absolute Gasteiger partial charge is 0.303 e. The van der Waals surface area contributed by atoms with Gasteiger partial charge in [-0.3, -0.25) is 4.79 Å². The van der Waals surface area contributed by atoms with E-state index in [0.29, 0.717) is 37.7 Å². The fourth-order valence-electron chi connectivity index (χ4n) is 2.86. The van der Waals surface area contributed by atoms with Crippen molar-refractivity contribution in [1.82, 2.24) is 0 Å². The quantitative estimate of drug-likeness (QED) is 0.591. The van der Waals surface area contributed by atoms with Crippen molar-refractivity contribution in [3.63, 3.8) is 0 Å². The Morgan fingerprint density at radius 1 is 0.929 bits per heavy atom. The van der Waals surface area contributed by atoms with Crippen molar-refractivity contribution in [2.45, 2.75) is 46.0 Å². The van der Waals surface area contributed by atoms with Crippen LogP contribution in [0.1, 0.15) is 45.2 Å². The molecule has 28 heavy (non-hydrogen) atoms. The second kappa shape index (κ2) is 10.0. The van der Waals surface area contributed by atoms with Gasteiger partial charge < -0.3 is 19.3 Å². The van der Waals surface area contributed by atoms with E-state index in [4.69, 9.17) is 19.3 Å². The van der Waals surface area contributed by atoms with Gasteiger partial charge in [0.05, 0.1) is 6.61 Å². The van der Waals surface area contributed by atoms with Gasteiger partial charge in [0.2, 0.25) is 0 Å². The third-order valence-electron chi connectivity index (χ3n) is 4.23. The number of rotatable bonds is 10. The molecular formula is C23H30O5. The average molecular weight is 386 g/mol. The molecular weight excluding hydrogens is 356 g/mol. The summed E-state index contributed by atoms with van der Waals surface area (Å²) in [5, 5.41) is 8.84. The maximum atomic E-state index is 10.8. The Balaban J connectivity index is 1.96. The minimum absolute atomic E-state index is 0.00533. The lowest BCUT2D eigenvalue weighted by Gasteiger charge is -2.22. The van der Waals surface area contributed by atoms with Crippen molar-refractivity contribution in [3.8, 4) is 17.2 Å². The van der Waals surface area contributed by atoms with Gasteiger partial charge >= 0.3 is 5.97 Å². The van der Waals surface area contributed by atoms with E-state index in [1.807, 2.05) is 43.3 Å². The van der Waals surface area contributed by atoms with Crippen molar-refractivity contribution < 1.29 is 24.1 Å². The maximum Gasteiger partial charge on any atom is 0.303 e. The number of para-hydroxylation sites is 1. The summed E-state index contributed by atoms with van der Waals surface area (Å²) < 4.78 is 17.4. The van der Waals surface area contributed by atoms with Crippen LogP contribution in [0.3, 0.4) is 0 Å². The highest BCUT2D eigenvalue weighted by atomic mass is 16.5. The monoisotopic (exact) mass is 386 g/mol. The Bertz CT molecular complexity index is 777. The topological polar surface area (TPSA) is 65.0 Å². The summed E-state index contributed by atoms with van der Waals surface area (Å²) in [7, 11) is 0. The maximum absolute atomic E-state index is 10.8. The first-order chi connectivity index (χ1) is 13.3. The number of carboxylic acids is 1. The van der Waals surface area contributed by atoms with Gasteiger partial charge in [0, 0.05) is 6.42 Å². The van der Waals surface area contributed by atoms with Crippen LogP contribution in [0.5, 0.6) is 17.2 Å².